The summed E-state index contributed by atoms with van der Waals surface area (Å²) in [5.41, 5.74) is 0.596. The van der Waals surface area contributed by atoms with Gasteiger partial charge in [-0.05, 0) is 44.6 Å². The first kappa shape index (κ1) is 9.51. The van der Waals surface area contributed by atoms with Gasteiger partial charge in [-0.2, -0.15) is 0 Å². The molecule has 1 N–H and O–H groups in total. The molecule has 2 saturated carbocycles. The summed E-state index contributed by atoms with van der Waals surface area (Å²) in [4.78, 5) is 0. The Kier molecular flexibility index (Phi) is 2.64. The van der Waals surface area contributed by atoms with Crippen LogP contribution in [0.5, 0.6) is 0 Å². The SMILES string of the molecule is CCC1CCC(C2(NC)CC2)CC1. The van der Waals surface area contributed by atoms with Crippen molar-refractivity contribution in [2.45, 2.75) is 57.4 Å². The van der Waals surface area contributed by atoms with Crippen LogP contribution in [0.4, 0.5) is 0 Å². The maximum Gasteiger partial charge on any atom is 0.0208 e. The minimum atomic E-state index is 0.596. The molecular weight excluding hydrogens is 158 g/mol. The molecule has 0 aliphatic heterocycles. The van der Waals surface area contributed by atoms with Crippen molar-refractivity contribution in [2.75, 3.05) is 7.05 Å². The van der Waals surface area contributed by atoms with E-state index in [0.29, 0.717) is 5.54 Å². The van der Waals surface area contributed by atoms with Gasteiger partial charge in [0.1, 0.15) is 0 Å². The Labute approximate surface area is 82.3 Å². The van der Waals surface area contributed by atoms with E-state index in [0.717, 1.165) is 11.8 Å². The minimum absolute atomic E-state index is 0.596. The fraction of sp³-hybridized carbons (Fsp3) is 1.00. The van der Waals surface area contributed by atoms with Gasteiger partial charge in [-0.25, -0.2) is 0 Å². The largest absolute Gasteiger partial charge is 0.314 e. The molecule has 2 aliphatic carbocycles. The quantitative estimate of drug-likeness (QED) is 0.706. The van der Waals surface area contributed by atoms with E-state index in [9.17, 15) is 0 Å². The van der Waals surface area contributed by atoms with E-state index < -0.39 is 0 Å². The molecule has 0 amide bonds. The predicted molar refractivity (Wildman–Crippen MR) is 56.8 cm³/mol. The topological polar surface area (TPSA) is 12.0 Å². The summed E-state index contributed by atoms with van der Waals surface area (Å²) in [5, 5.41) is 3.55. The van der Waals surface area contributed by atoms with Crippen LogP contribution in [0, 0.1) is 11.8 Å². The van der Waals surface area contributed by atoms with Crippen molar-refractivity contribution in [2.24, 2.45) is 11.8 Å². The predicted octanol–water partition coefficient (Wildman–Crippen LogP) is 2.95. The summed E-state index contributed by atoms with van der Waals surface area (Å²) in [6.45, 7) is 2.34. The average molecular weight is 181 g/mol. The van der Waals surface area contributed by atoms with Crippen molar-refractivity contribution in [3.05, 3.63) is 0 Å². The van der Waals surface area contributed by atoms with Gasteiger partial charge in [0.15, 0.2) is 0 Å². The van der Waals surface area contributed by atoms with Crippen molar-refractivity contribution in [1.82, 2.24) is 5.32 Å². The monoisotopic (exact) mass is 181 g/mol. The van der Waals surface area contributed by atoms with Gasteiger partial charge in [0.2, 0.25) is 0 Å². The Balaban J connectivity index is 1.84. The highest BCUT2D eigenvalue weighted by molar-refractivity contribution is 5.06. The van der Waals surface area contributed by atoms with Crippen LogP contribution in [0.15, 0.2) is 0 Å². The van der Waals surface area contributed by atoms with Crippen LogP contribution in [-0.4, -0.2) is 12.6 Å². The molecule has 0 atom stereocenters. The van der Waals surface area contributed by atoms with Gasteiger partial charge >= 0.3 is 0 Å². The van der Waals surface area contributed by atoms with Crippen LogP contribution in [0.2, 0.25) is 0 Å². The molecule has 0 aromatic carbocycles. The summed E-state index contributed by atoms with van der Waals surface area (Å²) in [6.07, 6.45) is 10.2. The van der Waals surface area contributed by atoms with E-state index in [4.69, 9.17) is 0 Å². The first-order valence-corrected chi connectivity index (χ1v) is 5.99. The molecule has 1 nitrogen and oxygen atoms in total. The minimum Gasteiger partial charge on any atom is -0.314 e. The van der Waals surface area contributed by atoms with Gasteiger partial charge in [0.05, 0.1) is 0 Å². The third kappa shape index (κ3) is 1.76. The van der Waals surface area contributed by atoms with Gasteiger partial charge in [0.25, 0.3) is 0 Å². The lowest BCUT2D eigenvalue weighted by atomic mass is 9.76. The second-order valence-electron chi connectivity index (χ2n) is 5.03. The van der Waals surface area contributed by atoms with Crippen molar-refractivity contribution in [1.29, 1.82) is 0 Å². The summed E-state index contributed by atoms with van der Waals surface area (Å²) >= 11 is 0. The first-order valence-electron chi connectivity index (χ1n) is 5.99. The van der Waals surface area contributed by atoms with E-state index in [1.165, 1.54) is 44.9 Å². The normalized spacial score (nSPS) is 37.4. The zero-order valence-electron chi connectivity index (χ0n) is 9.10. The highest BCUT2D eigenvalue weighted by Gasteiger charge is 2.48. The number of hydrogen-bond acceptors (Lipinski definition) is 1. The molecule has 2 fully saturated rings. The standard InChI is InChI=1S/C12H23N/c1-3-10-4-6-11(7-5-10)12(13-2)8-9-12/h10-11,13H,3-9H2,1-2H3. The lowest BCUT2D eigenvalue weighted by Crippen LogP contribution is -2.38. The van der Waals surface area contributed by atoms with E-state index in [1.807, 2.05) is 0 Å². The van der Waals surface area contributed by atoms with E-state index in [1.54, 1.807) is 0 Å². The van der Waals surface area contributed by atoms with Crippen LogP contribution in [0.1, 0.15) is 51.9 Å². The summed E-state index contributed by atoms with van der Waals surface area (Å²) in [7, 11) is 2.15. The Morgan fingerprint density at radius 2 is 1.77 bits per heavy atom. The second-order valence-corrected chi connectivity index (χ2v) is 5.03. The fourth-order valence-electron chi connectivity index (χ4n) is 3.12. The highest BCUT2D eigenvalue weighted by Crippen LogP contribution is 2.49. The van der Waals surface area contributed by atoms with Gasteiger partial charge in [0, 0.05) is 5.54 Å². The summed E-state index contributed by atoms with van der Waals surface area (Å²) < 4.78 is 0. The number of nitrogens with one attached hydrogen (secondary N) is 1. The lowest BCUT2D eigenvalue weighted by Gasteiger charge is -2.33. The van der Waals surface area contributed by atoms with Crippen molar-refractivity contribution < 1.29 is 0 Å². The van der Waals surface area contributed by atoms with Crippen molar-refractivity contribution in [3.63, 3.8) is 0 Å². The average Bonchev–Trinajstić information content (AvgIpc) is 2.99. The molecule has 0 unspecified atom stereocenters. The molecule has 13 heavy (non-hydrogen) atoms. The summed E-state index contributed by atoms with van der Waals surface area (Å²) in [6, 6.07) is 0. The molecule has 0 saturated heterocycles. The number of hydrogen-bond donors (Lipinski definition) is 1. The molecule has 2 rings (SSSR count). The molecule has 0 spiro atoms. The third-order valence-electron chi connectivity index (χ3n) is 4.49. The molecular formula is C12H23N. The zero-order chi connectivity index (χ0) is 9.31. The second kappa shape index (κ2) is 3.61. The molecule has 76 valence electrons. The first-order chi connectivity index (χ1) is 6.30. The molecule has 1 heteroatoms. The van der Waals surface area contributed by atoms with E-state index in [2.05, 4.69) is 19.3 Å². The van der Waals surface area contributed by atoms with Gasteiger partial charge in [-0.15, -0.1) is 0 Å². The lowest BCUT2D eigenvalue weighted by molar-refractivity contribution is 0.211. The maximum atomic E-state index is 3.55. The number of rotatable bonds is 3. The van der Waals surface area contributed by atoms with Crippen LogP contribution in [-0.2, 0) is 0 Å². The van der Waals surface area contributed by atoms with Gasteiger partial charge < -0.3 is 5.32 Å². The van der Waals surface area contributed by atoms with Crippen molar-refractivity contribution in [3.8, 4) is 0 Å². The fourth-order valence-corrected chi connectivity index (χ4v) is 3.12. The van der Waals surface area contributed by atoms with E-state index in [-0.39, 0.29) is 0 Å². The van der Waals surface area contributed by atoms with E-state index >= 15 is 0 Å². The molecule has 0 heterocycles. The zero-order valence-corrected chi connectivity index (χ0v) is 9.10. The van der Waals surface area contributed by atoms with Gasteiger partial charge in [-0.3, -0.25) is 0 Å². The molecule has 0 bridgehead atoms. The Hall–Kier alpha value is -0.0400. The molecule has 2 aliphatic rings. The highest BCUT2D eigenvalue weighted by atomic mass is 15.0. The van der Waals surface area contributed by atoms with Crippen LogP contribution in [0.3, 0.4) is 0 Å². The van der Waals surface area contributed by atoms with Crippen LogP contribution in [0.25, 0.3) is 0 Å². The van der Waals surface area contributed by atoms with Crippen LogP contribution < -0.4 is 5.32 Å². The smallest absolute Gasteiger partial charge is 0.0208 e. The van der Waals surface area contributed by atoms with Crippen LogP contribution >= 0.6 is 0 Å². The Morgan fingerprint density at radius 3 is 2.15 bits per heavy atom. The third-order valence-corrected chi connectivity index (χ3v) is 4.49. The molecule has 0 radical (unpaired) electrons. The Morgan fingerprint density at radius 1 is 1.15 bits per heavy atom. The maximum absolute atomic E-state index is 3.55. The molecule has 0 aromatic heterocycles. The van der Waals surface area contributed by atoms with Crippen molar-refractivity contribution >= 4 is 0 Å². The Bertz CT molecular complexity index is 164. The van der Waals surface area contributed by atoms with Gasteiger partial charge in [-0.1, -0.05) is 26.2 Å². The molecule has 0 aromatic rings. The summed E-state index contributed by atoms with van der Waals surface area (Å²) in [5.74, 6) is 2.05.